The van der Waals surface area contributed by atoms with E-state index in [1.807, 2.05) is 12.1 Å². The third-order valence-electron chi connectivity index (χ3n) is 4.90. The Balaban J connectivity index is 1.41. The highest BCUT2D eigenvalue weighted by molar-refractivity contribution is 7.89. The molecule has 1 aromatic heterocycles. The minimum atomic E-state index is -3.71. The van der Waals surface area contributed by atoms with Crippen molar-refractivity contribution in [2.24, 2.45) is 0 Å². The third-order valence-corrected chi connectivity index (χ3v) is 7.04. The molecule has 1 atom stereocenters. The molecule has 0 N–H and O–H groups in total. The molecular formula is C18H21N3O6S. The molecule has 1 aromatic carbocycles. The van der Waals surface area contributed by atoms with Crippen molar-refractivity contribution >= 4 is 15.9 Å². The molecule has 1 fully saturated rings. The number of nitrogens with zero attached hydrogens (tertiary/aromatic N) is 3. The van der Waals surface area contributed by atoms with E-state index >= 15 is 0 Å². The average molecular weight is 407 g/mol. The molecule has 0 spiro atoms. The Morgan fingerprint density at radius 2 is 1.79 bits per heavy atom. The van der Waals surface area contributed by atoms with E-state index in [2.05, 4.69) is 5.16 Å². The highest BCUT2D eigenvalue weighted by Gasteiger charge is 2.37. The molecule has 0 radical (unpaired) electrons. The summed E-state index contributed by atoms with van der Waals surface area (Å²) in [6.07, 6.45) is -0.736. The smallest absolute Gasteiger partial charge is 0.267 e. The lowest BCUT2D eigenvalue weighted by Gasteiger charge is -2.36. The first-order valence-electron chi connectivity index (χ1n) is 8.98. The summed E-state index contributed by atoms with van der Waals surface area (Å²) >= 11 is 0. The summed E-state index contributed by atoms with van der Waals surface area (Å²) in [7, 11) is -3.71. The number of carbonyl (C=O) groups excluding carboxylic acids is 1. The van der Waals surface area contributed by atoms with Gasteiger partial charge in [0.1, 0.15) is 17.2 Å². The maximum Gasteiger partial charge on any atom is 0.267 e. The number of fused-ring (bicyclic) bond motifs is 1. The van der Waals surface area contributed by atoms with E-state index in [4.69, 9.17) is 14.0 Å². The Bertz CT molecular complexity index is 975. The van der Waals surface area contributed by atoms with E-state index in [1.54, 1.807) is 30.9 Å². The van der Waals surface area contributed by atoms with Gasteiger partial charge in [-0.1, -0.05) is 17.3 Å². The number of sulfonamides is 1. The van der Waals surface area contributed by atoms with Gasteiger partial charge in [0.2, 0.25) is 16.1 Å². The summed E-state index contributed by atoms with van der Waals surface area (Å²) in [5.74, 6) is 1.21. The zero-order valence-corrected chi connectivity index (χ0v) is 16.4. The van der Waals surface area contributed by atoms with Gasteiger partial charge in [0.25, 0.3) is 5.91 Å². The molecule has 150 valence electrons. The molecule has 2 aromatic rings. The van der Waals surface area contributed by atoms with Crippen LogP contribution in [0.5, 0.6) is 11.5 Å². The van der Waals surface area contributed by atoms with E-state index in [9.17, 15) is 13.2 Å². The number of piperazine rings is 1. The Labute approximate surface area is 162 Å². The van der Waals surface area contributed by atoms with Crippen LogP contribution in [-0.4, -0.2) is 67.6 Å². The molecular weight excluding hydrogens is 386 g/mol. The Morgan fingerprint density at radius 1 is 1.11 bits per heavy atom. The van der Waals surface area contributed by atoms with E-state index in [1.165, 1.54) is 4.31 Å². The van der Waals surface area contributed by atoms with Gasteiger partial charge >= 0.3 is 0 Å². The van der Waals surface area contributed by atoms with Crippen molar-refractivity contribution in [2.45, 2.75) is 24.8 Å². The van der Waals surface area contributed by atoms with Gasteiger partial charge in [-0.15, -0.1) is 0 Å². The van der Waals surface area contributed by atoms with Gasteiger partial charge in [0.05, 0.1) is 0 Å². The molecule has 1 unspecified atom stereocenters. The lowest BCUT2D eigenvalue weighted by atomic mass is 10.2. The summed E-state index contributed by atoms with van der Waals surface area (Å²) < 4.78 is 43.5. The molecule has 2 aliphatic heterocycles. The van der Waals surface area contributed by atoms with E-state index in [0.717, 1.165) is 0 Å². The lowest BCUT2D eigenvalue weighted by molar-refractivity contribution is -0.142. The van der Waals surface area contributed by atoms with Crippen LogP contribution in [-0.2, 0) is 14.8 Å². The Morgan fingerprint density at radius 3 is 2.43 bits per heavy atom. The number of carbonyl (C=O) groups is 1. The monoisotopic (exact) mass is 407 g/mol. The number of hydrogen-bond donors (Lipinski definition) is 0. The molecule has 10 heteroatoms. The van der Waals surface area contributed by atoms with Crippen molar-refractivity contribution in [3.63, 3.8) is 0 Å². The highest BCUT2D eigenvalue weighted by Crippen LogP contribution is 2.31. The number of amides is 1. The van der Waals surface area contributed by atoms with Gasteiger partial charge in [-0.25, -0.2) is 8.42 Å². The van der Waals surface area contributed by atoms with Gasteiger partial charge < -0.3 is 18.9 Å². The van der Waals surface area contributed by atoms with Gasteiger partial charge in [0, 0.05) is 26.2 Å². The van der Waals surface area contributed by atoms with Gasteiger partial charge in [0.15, 0.2) is 17.3 Å². The molecule has 1 saturated heterocycles. The molecule has 2 aliphatic rings. The second-order valence-corrected chi connectivity index (χ2v) is 8.62. The topological polar surface area (TPSA) is 102 Å². The van der Waals surface area contributed by atoms with E-state index in [-0.39, 0.29) is 49.3 Å². The first kappa shape index (κ1) is 18.8. The third kappa shape index (κ3) is 3.22. The van der Waals surface area contributed by atoms with Gasteiger partial charge in [-0.3, -0.25) is 4.79 Å². The number of aryl methyl sites for hydroxylation is 2. The van der Waals surface area contributed by atoms with Crippen LogP contribution in [0.3, 0.4) is 0 Å². The zero-order valence-electron chi connectivity index (χ0n) is 15.6. The van der Waals surface area contributed by atoms with Crippen LogP contribution in [0, 0.1) is 13.8 Å². The highest BCUT2D eigenvalue weighted by atomic mass is 32.2. The van der Waals surface area contributed by atoms with Crippen LogP contribution >= 0.6 is 0 Å². The first-order valence-corrected chi connectivity index (χ1v) is 10.4. The lowest BCUT2D eigenvalue weighted by Crippen LogP contribution is -2.55. The number of ether oxygens (including phenoxy) is 2. The molecule has 28 heavy (non-hydrogen) atoms. The summed E-state index contributed by atoms with van der Waals surface area (Å²) in [5.41, 5.74) is 0.336. The summed E-state index contributed by atoms with van der Waals surface area (Å²) in [6.45, 7) is 4.26. The van der Waals surface area contributed by atoms with Crippen molar-refractivity contribution in [1.82, 2.24) is 14.4 Å². The summed E-state index contributed by atoms with van der Waals surface area (Å²) in [5, 5.41) is 3.72. The van der Waals surface area contributed by atoms with E-state index in [0.29, 0.717) is 17.2 Å². The standard InChI is InChI=1S/C18H21N3O6S/c1-12-17(13(2)27-19-12)28(23,24)21-9-7-20(8-10-21)18(22)16-11-25-14-5-3-4-6-15(14)26-16/h3-6,16H,7-11H2,1-2H3. The minimum Gasteiger partial charge on any atom is -0.485 e. The van der Waals surface area contributed by atoms with Crippen molar-refractivity contribution < 1.29 is 27.2 Å². The molecule has 0 bridgehead atoms. The Hall–Kier alpha value is -2.59. The SMILES string of the molecule is Cc1noc(C)c1S(=O)(=O)N1CCN(C(=O)C2COc3ccccc3O2)CC1. The summed E-state index contributed by atoms with van der Waals surface area (Å²) in [6, 6.07) is 7.19. The number of rotatable bonds is 3. The fourth-order valence-electron chi connectivity index (χ4n) is 3.47. The predicted octanol–water partition coefficient (Wildman–Crippen LogP) is 0.964. The number of aromatic nitrogens is 1. The normalized spacial score (nSPS) is 20.2. The molecule has 9 nitrogen and oxygen atoms in total. The van der Waals surface area contributed by atoms with Crippen LogP contribution in [0.4, 0.5) is 0 Å². The fraction of sp³-hybridized carbons (Fsp3) is 0.444. The minimum absolute atomic E-state index is 0.105. The van der Waals surface area contributed by atoms with Crippen molar-refractivity contribution in [3.8, 4) is 11.5 Å². The van der Waals surface area contributed by atoms with Crippen LogP contribution < -0.4 is 9.47 Å². The predicted molar refractivity (Wildman–Crippen MR) is 97.7 cm³/mol. The van der Waals surface area contributed by atoms with E-state index < -0.39 is 16.1 Å². The van der Waals surface area contributed by atoms with Gasteiger partial charge in [-0.05, 0) is 26.0 Å². The van der Waals surface area contributed by atoms with Crippen LogP contribution in [0.25, 0.3) is 0 Å². The van der Waals surface area contributed by atoms with Crippen LogP contribution in [0.1, 0.15) is 11.5 Å². The zero-order chi connectivity index (χ0) is 19.9. The second kappa shape index (κ2) is 7.10. The first-order chi connectivity index (χ1) is 13.4. The largest absolute Gasteiger partial charge is 0.485 e. The van der Waals surface area contributed by atoms with Crippen molar-refractivity contribution in [1.29, 1.82) is 0 Å². The second-order valence-electron chi connectivity index (χ2n) is 6.75. The number of benzene rings is 1. The Kier molecular flexibility index (Phi) is 4.76. The number of para-hydroxylation sites is 2. The number of hydrogen-bond acceptors (Lipinski definition) is 7. The molecule has 1 amide bonds. The van der Waals surface area contributed by atoms with Crippen molar-refractivity contribution in [2.75, 3.05) is 32.8 Å². The molecule has 0 aliphatic carbocycles. The quantitative estimate of drug-likeness (QED) is 0.747. The maximum atomic E-state index is 12.9. The molecule has 0 saturated carbocycles. The fourth-order valence-corrected chi connectivity index (χ4v) is 5.18. The van der Waals surface area contributed by atoms with Gasteiger partial charge in [-0.2, -0.15) is 4.31 Å². The molecule has 4 rings (SSSR count). The van der Waals surface area contributed by atoms with Crippen LogP contribution in [0.15, 0.2) is 33.7 Å². The summed E-state index contributed by atoms with van der Waals surface area (Å²) in [4.78, 5) is 14.5. The maximum absolute atomic E-state index is 12.9. The molecule has 3 heterocycles. The van der Waals surface area contributed by atoms with Crippen molar-refractivity contribution in [3.05, 3.63) is 35.7 Å². The van der Waals surface area contributed by atoms with Crippen LogP contribution in [0.2, 0.25) is 0 Å². The average Bonchev–Trinajstić information content (AvgIpc) is 3.06.